The molecule has 0 saturated carbocycles. The summed E-state index contributed by atoms with van der Waals surface area (Å²) in [5.41, 5.74) is 0. The van der Waals surface area contributed by atoms with Gasteiger partial charge < -0.3 is 19.5 Å². The average Bonchev–Trinajstić information content (AvgIpc) is 2.35. The quantitative estimate of drug-likeness (QED) is 0.816. The molecule has 0 fully saturated rings. The Bertz CT molecular complexity index is 329. The fourth-order valence-corrected chi connectivity index (χ4v) is 1.23. The lowest BCUT2D eigenvalue weighted by molar-refractivity contribution is 0.0295. The zero-order valence-corrected chi connectivity index (χ0v) is 10.0. The predicted molar refractivity (Wildman–Crippen MR) is 63.1 cm³/mol. The van der Waals surface area contributed by atoms with Crippen molar-refractivity contribution in [3.05, 3.63) is 30.3 Å². The summed E-state index contributed by atoms with van der Waals surface area (Å²) in [5, 5.41) is 2.60. The minimum atomic E-state index is -0.505. The molecule has 5 nitrogen and oxygen atoms in total. The molecule has 0 radical (unpaired) electrons. The van der Waals surface area contributed by atoms with Crippen molar-refractivity contribution < 1.29 is 19.0 Å². The molecule has 1 atom stereocenters. The largest absolute Gasteiger partial charge is 0.412 e. The molecule has 1 aromatic rings. The molecule has 1 amide bonds. The highest BCUT2D eigenvalue weighted by atomic mass is 16.6. The van der Waals surface area contributed by atoms with Crippen molar-refractivity contribution in [1.29, 1.82) is 0 Å². The summed E-state index contributed by atoms with van der Waals surface area (Å²) in [7, 11) is 3.14. The smallest absolute Gasteiger partial charge is 0.410 e. The van der Waals surface area contributed by atoms with Crippen molar-refractivity contribution in [2.45, 2.75) is 6.10 Å². The van der Waals surface area contributed by atoms with Crippen molar-refractivity contribution in [3.8, 4) is 5.75 Å². The highest BCUT2D eigenvalue weighted by Gasteiger charge is 2.10. The monoisotopic (exact) mass is 239 g/mol. The van der Waals surface area contributed by atoms with Gasteiger partial charge >= 0.3 is 6.09 Å². The van der Waals surface area contributed by atoms with Crippen LogP contribution in [0.4, 0.5) is 4.79 Å². The molecule has 0 saturated heterocycles. The number of ether oxygens (including phenoxy) is 3. The number of nitrogens with one attached hydrogen (secondary N) is 1. The molecule has 1 aromatic carbocycles. The van der Waals surface area contributed by atoms with Crippen LogP contribution in [-0.2, 0) is 9.47 Å². The maximum atomic E-state index is 11.4. The molecule has 0 bridgehead atoms. The van der Waals surface area contributed by atoms with Crippen LogP contribution in [0.1, 0.15) is 0 Å². The maximum Gasteiger partial charge on any atom is 0.412 e. The highest BCUT2D eigenvalue weighted by molar-refractivity contribution is 5.70. The van der Waals surface area contributed by atoms with Crippen LogP contribution in [0.3, 0.4) is 0 Å². The summed E-state index contributed by atoms with van der Waals surface area (Å²) in [4.78, 5) is 11.4. The van der Waals surface area contributed by atoms with Gasteiger partial charge in [-0.3, -0.25) is 0 Å². The molecule has 0 heterocycles. The van der Waals surface area contributed by atoms with E-state index in [0.717, 1.165) is 0 Å². The Balaban J connectivity index is 2.30. The first-order valence-corrected chi connectivity index (χ1v) is 5.28. The number of rotatable bonds is 6. The number of carbonyl (C=O) groups is 1. The fraction of sp³-hybridized carbons (Fsp3) is 0.417. The zero-order chi connectivity index (χ0) is 12.5. The van der Waals surface area contributed by atoms with Gasteiger partial charge in [0.25, 0.3) is 0 Å². The van der Waals surface area contributed by atoms with Crippen LogP contribution in [0.25, 0.3) is 0 Å². The van der Waals surface area contributed by atoms with Crippen LogP contribution in [0.5, 0.6) is 5.75 Å². The number of carbonyl (C=O) groups excluding carboxylic acids is 1. The molecule has 0 aromatic heterocycles. The van der Waals surface area contributed by atoms with E-state index in [4.69, 9.17) is 14.2 Å². The lowest BCUT2D eigenvalue weighted by Gasteiger charge is -2.14. The third-order valence-corrected chi connectivity index (χ3v) is 2.11. The predicted octanol–water partition coefficient (Wildman–Crippen LogP) is 1.44. The molecule has 94 valence electrons. The van der Waals surface area contributed by atoms with Crippen LogP contribution in [0, 0.1) is 0 Å². The standard InChI is InChI=1S/C12H17NO4/c1-15-9-11(16-2)8-13-12(14)17-10-6-4-3-5-7-10/h3-7,11H,8-9H2,1-2H3,(H,13,14). The average molecular weight is 239 g/mol. The Morgan fingerprint density at radius 1 is 1.29 bits per heavy atom. The van der Waals surface area contributed by atoms with Crippen molar-refractivity contribution in [3.63, 3.8) is 0 Å². The lowest BCUT2D eigenvalue weighted by Crippen LogP contribution is -2.37. The molecule has 5 heteroatoms. The van der Waals surface area contributed by atoms with E-state index in [1.165, 1.54) is 0 Å². The first-order chi connectivity index (χ1) is 8.26. The number of benzene rings is 1. The molecule has 0 aliphatic carbocycles. The van der Waals surface area contributed by atoms with Crippen molar-refractivity contribution in [2.75, 3.05) is 27.4 Å². The van der Waals surface area contributed by atoms with Crippen LogP contribution < -0.4 is 10.1 Å². The first kappa shape index (κ1) is 13.5. The van der Waals surface area contributed by atoms with Gasteiger partial charge in [-0.25, -0.2) is 4.79 Å². The van der Waals surface area contributed by atoms with Crippen LogP contribution in [-0.4, -0.2) is 39.6 Å². The van der Waals surface area contributed by atoms with E-state index in [9.17, 15) is 4.79 Å². The molecule has 1 N–H and O–H groups in total. The van der Waals surface area contributed by atoms with Crippen molar-refractivity contribution in [2.24, 2.45) is 0 Å². The maximum absolute atomic E-state index is 11.4. The number of amides is 1. The van der Waals surface area contributed by atoms with Gasteiger partial charge in [-0.1, -0.05) is 18.2 Å². The summed E-state index contributed by atoms with van der Waals surface area (Å²) in [5.74, 6) is 0.505. The van der Waals surface area contributed by atoms with Gasteiger partial charge in [0.05, 0.1) is 12.7 Å². The van der Waals surface area contributed by atoms with Gasteiger partial charge in [-0.2, -0.15) is 0 Å². The van der Waals surface area contributed by atoms with Crippen LogP contribution in [0.2, 0.25) is 0 Å². The molecular formula is C12H17NO4. The highest BCUT2D eigenvalue weighted by Crippen LogP contribution is 2.07. The second kappa shape index (κ2) is 7.65. The summed E-state index contributed by atoms with van der Waals surface area (Å²) in [6.07, 6.45) is -0.683. The number of methoxy groups -OCH3 is 2. The second-order valence-corrected chi connectivity index (χ2v) is 3.40. The van der Waals surface area contributed by atoms with Crippen molar-refractivity contribution in [1.82, 2.24) is 5.32 Å². The summed E-state index contributed by atoms with van der Waals surface area (Å²) < 4.78 is 15.1. The summed E-state index contributed by atoms with van der Waals surface area (Å²) >= 11 is 0. The fourth-order valence-electron chi connectivity index (χ4n) is 1.23. The minimum absolute atomic E-state index is 0.177. The molecule has 0 aliphatic rings. The first-order valence-electron chi connectivity index (χ1n) is 5.28. The lowest BCUT2D eigenvalue weighted by atomic mass is 10.3. The molecule has 1 unspecified atom stereocenters. The van der Waals surface area contributed by atoms with Crippen LogP contribution >= 0.6 is 0 Å². The van der Waals surface area contributed by atoms with E-state index in [-0.39, 0.29) is 6.10 Å². The molecule has 0 aliphatic heterocycles. The Morgan fingerprint density at radius 2 is 2.00 bits per heavy atom. The Labute approximate surface area is 101 Å². The van der Waals surface area contributed by atoms with Crippen LogP contribution in [0.15, 0.2) is 30.3 Å². The van der Waals surface area contributed by atoms with Gasteiger partial charge in [-0.05, 0) is 12.1 Å². The SMILES string of the molecule is COCC(CNC(=O)Oc1ccccc1)OC. The third kappa shape index (κ3) is 5.33. The van der Waals surface area contributed by atoms with Gasteiger partial charge in [0.2, 0.25) is 0 Å². The Hall–Kier alpha value is -1.59. The second-order valence-electron chi connectivity index (χ2n) is 3.40. The van der Waals surface area contributed by atoms with E-state index in [2.05, 4.69) is 5.32 Å². The van der Waals surface area contributed by atoms with E-state index in [1.54, 1.807) is 38.5 Å². The number of para-hydroxylation sites is 1. The summed E-state index contributed by atoms with van der Waals surface area (Å²) in [6.45, 7) is 0.762. The summed E-state index contributed by atoms with van der Waals surface area (Å²) in [6, 6.07) is 8.87. The van der Waals surface area contributed by atoms with Crippen molar-refractivity contribution >= 4 is 6.09 Å². The third-order valence-electron chi connectivity index (χ3n) is 2.11. The van der Waals surface area contributed by atoms with Gasteiger partial charge in [0.1, 0.15) is 5.75 Å². The molecule has 1 rings (SSSR count). The van der Waals surface area contributed by atoms with E-state index >= 15 is 0 Å². The molecular weight excluding hydrogens is 222 g/mol. The van der Waals surface area contributed by atoms with E-state index in [0.29, 0.717) is 18.9 Å². The number of hydrogen-bond acceptors (Lipinski definition) is 4. The Kier molecular flexibility index (Phi) is 6.06. The van der Waals surface area contributed by atoms with Gasteiger partial charge in [0, 0.05) is 20.8 Å². The molecule has 0 spiro atoms. The number of hydrogen-bond donors (Lipinski definition) is 1. The van der Waals surface area contributed by atoms with E-state index in [1.807, 2.05) is 6.07 Å². The molecule has 17 heavy (non-hydrogen) atoms. The zero-order valence-electron chi connectivity index (χ0n) is 10.0. The normalized spacial score (nSPS) is 11.9. The topological polar surface area (TPSA) is 56.8 Å². The van der Waals surface area contributed by atoms with E-state index < -0.39 is 6.09 Å². The van der Waals surface area contributed by atoms with Gasteiger partial charge in [-0.15, -0.1) is 0 Å². The minimum Gasteiger partial charge on any atom is -0.410 e. The van der Waals surface area contributed by atoms with Gasteiger partial charge in [0.15, 0.2) is 0 Å². The Morgan fingerprint density at radius 3 is 2.59 bits per heavy atom.